The zero-order valence-electron chi connectivity index (χ0n) is 18.0. The first-order chi connectivity index (χ1) is 14.7. The van der Waals surface area contributed by atoms with Gasteiger partial charge in [0.2, 0.25) is 15.9 Å². The van der Waals surface area contributed by atoms with Crippen molar-refractivity contribution in [2.24, 2.45) is 0 Å². The van der Waals surface area contributed by atoms with Gasteiger partial charge in [0.05, 0.1) is 11.5 Å². The van der Waals surface area contributed by atoms with Crippen molar-refractivity contribution in [2.45, 2.75) is 30.7 Å². The molecule has 31 heavy (non-hydrogen) atoms. The Morgan fingerprint density at radius 2 is 1.94 bits per heavy atom. The average Bonchev–Trinajstić information content (AvgIpc) is 2.74. The minimum atomic E-state index is -3.79. The number of halogens is 1. The predicted octanol–water partition coefficient (Wildman–Crippen LogP) is 3.98. The molecule has 1 amide bonds. The van der Waals surface area contributed by atoms with Gasteiger partial charge in [0, 0.05) is 18.6 Å². The van der Waals surface area contributed by atoms with E-state index in [2.05, 4.69) is 4.72 Å². The van der Waals surface area contributed by atoms with Crippen molar-refractivity contribution in [1.82, 2.24) is 9.62 Å². The number of carbonyl (C=O) groups excluding carboxylic acids is 1. The summed E-state index contributed by atoms with van der Waals surface area (Å²) in [5.41, 5.74) is 0.966. The number of hydrogen-bond donors (Lipinski definition) is 1. The van der Waals surface area contributed by atoms with E-state index in [1.165, 1.54) is 0 Å². The van der Waals surface area contributed by atoms with Crippen molar-refractivity contribution in [1.29, 1.82) is 0 Å². The number of nitrogens with one attached hydrogen (secondary N) is 1. The van der Waals surface area contributed by atoms with Crippen LogP contribution in [0.2, 0.25) is 5.02 Å². The summed E-state index contributed by atoms with van der Waals surface area (Å²) >= 11 is 7.51. The average molecular weight is 485 g/mol. The Morgan fingerprint density at radius 1 is 1.23 bits per heavy atom. The van der Waals surface area contributed by atoms with Crippen LogP contribution in [-0.4, -0.2) is 57.5 Å². The molecule has 0 aliphatic rings. The molecule has 0 heterocycles. The topological polar surface area (TPSA) is 75.7 Å². The molecule has 0 saturated heterocycles. The molecule has 170 valence electrons. The minimum absolute atomic E-state index is 0.151. The van der Waals surface area contributed by atoms with E-state index in [-0.39, 0.29) is 10.8 Å². The molecule has 0 radical (unpaired) electrons. The van der Waals surface area contributed by atoms with Gasteiger partial charge in [-0.1, -0.05) is 35.4 Å². The third kappa shape index (κ3) is 8.37. The molecule has 2 aromatic rings. The molecular formula is C22H29ClN2O4S2. The highest BCUT2D eigenvalue weighted by molar-refractivity contribution is 7.98. The summed E-state index contributed by atoms with van der Waals surface area (Å²) in [6, 6.07) is 12.9. The number of benzene rings is 2. The van der Waals surface area contributed by atoms with E-state index in [9.17, 15) is 13.2 Å². The Bertz CT molecular complexity index is 952. The molecule has 1 unspecified atom stereocenters. The summed E-state index contributed by atoms with van der Waals surface area (Å²) in [5, 5.41) is 0.599. The van der Waals surface area contributed by atoms with Gasteiger partial charge in [-0.15, -0.1) is 0 Å². The molecule has 0 bridgehead atoms. The van der Waals surface area contributed by atoms with Crippen molar-refractivity contribution in [3.05, 3.63) is 59.1 Å². The Morgan fingerprint density at radius 3 is 2.58 bits per heavy atom. The fourth-order valence-corrected chi connectivity index (χ4v) is 4.74. The first-order valence-electron chi connectivity index (χ1n) is 9.94. The van der Waals surface area contributed by atoms with E-state index in [0.717, 1.165) is 5.56 Å². The normalized spacial score (nSPS) is 12.4. The zero-order chi connectivity index (χ0) is 22.9. The zero-order valence-corrected chi connectivity index (χ0v) is 20.4. The number of carbonyl (C=O) groups is 1. The van der Waals surface area contributed by atoms with Crippen LogP contribution >= 0.6 is 23.4 Å². The Hall–Kier alpha value is -1.74. The van der Waals surface area contributed by atoms with Gasteiger partial charge in [-0.3, -0.25) is 4.79 Å². The van der Waals surface area contributed by atoms with Crippen LogP contribution < -0.4 is 9.46 Å². The van der Waals surface area contributed by atoms with Gasteiger partial charge < -0.3 is 9.64 Å². The third-order valence-corrected chi connectivity index (χ3v) is 6.98. The molecule has 0 aliphatic heterocycles. The molecule has 2 aromatic carbocycles. The number of thioether (sulfide) groups is 1. The third-order valence-electron chi connectivity index (χ3n) is 4.62. The molecule has 0 spiro atoms. The number of likely N-dealkylation sites (N-methyl/N-ethyl adjacent to an activating group) is 1. The predicted molar refractivity (Wildman–Crippen MR) is 127 cm³/mol. The summed E-state index contributed by atoms with van der Waals surface area (Å²) in [7, 11) is -2.12. The maximum atomic E-state index is 13.0. The second-order valence-electron chi connectivity index (χ2n) is 7.19. The molecule has 9 heteroatoms. The number of rotatable bonds is 12. The lowest BCUT2D eigenvalue weighted by molar-refractivity contribution is -0.131. The first kappa shape index (κ1) is 25.5. The van der Waals surface area contributed by atoms with Gasteiger partial charge in [-0.25, -0.2) is 8.42 Å². The Labute approximate surface area is 194 Å². The number of ether oxygens (including phenoxy) is 1. The maximum absolute atomic E-state index is 13.0. The van der Waals surface area contributed by atoms with Crippen molar-refractivity contribution in [2.75, 3.05) is 32.2 Å². The lowest BCUT2D eigenvalue weighted by Gasteiger charge is -2.24. The van der Waals surface area contributed by atoms with Crippen LogP contribution in [0.5, 0.6) is 5.75 Å². The minimum Gasteiger partial charge on any atom is -0.493 e. The van der Waals surface area contributed by atoms with Gasteiger partial charge >= 0.3 is 0 Å². The van der Waals surface area contributed by atoms with Crippen LogP contribution in [0.1, 0.15) is 18.4 Å². The molecule has 1 atom stereocenters. The number of aryl methyl sites for hydroxylation is 1. The SMILES string of the molecule is CSCCC(NS(=O)(=O)c1ccc(C)cc1)C(=O)N(C)CCCOc1cccc(Cl)c1. The van der Waals surface area contributed by atoms with Gasteiger partial charge in [0.25, 0.3) is 0 Å². The molecule has 6 nitrogen and oxygen atoms in total. The molecule has 0 aromatic heterocycles. The van der Waals surface area contributed by atoms with Crippen molar-refractivity contribution >= 4 is 39.3 Å². The summed E-state index contributed by atoms with van der Waals surface area (Å²) in [5.74, 6) is 1.08. The number of hydrogen-bond acceptors (Lipinski definition) is 5. The van der Waals surface area contributed by atoms with E-state index >= 15 is 0 Å². The van der Waals surface area contributed by atoms with E-state index in [1.807, 2.05) is 25.3 Å². The molecule has 0 saturated carbocycles. The summed E-state index contributed by atoms with van der Waals surface area (Å²) < 4.78 is 33.8. The standard InChI is InChI=1S/C22H29ClN2O4S2/c1-17-8-10-20(11-9-17)31(27,28)24-21(12-15-30-3)22(26)25(2)13-5-14-29-19-7-4-6-18(23)16-19/h4,6-11,16,21,24H,5,12-15H2,1-3H3. The number of sulfonamides is 1. The van der Waals surface area contributed by atoms with Crippen LogP contribution in [0.4, 0.5) is 0 Å². The Kier molecular flexibility index (Phi) is 10.2. The van der Waals surface area contributed by atoms with Crippen molar-refractivity contribution in [3.63, 3.8) is 0 Å². The molecule has 2 rings (SSSR count). The van der Waals surface area contributed by atoms with Crippen LogP contribution in [-0.2, 0) is 14.8 Å². The quantitative estimate of drug-likeness (QED) is 0.461. The smallest absolute Gasteiger partial charge is 0.241 e. The molecule has 1 N–H and O–H groups in total. The fourth-order valence-electron chi connectivity index (χ4n) is 2.87. The second kappa shape index (κ2) is 12.3. The highest BCUT2D eigenvalue weighted by Gasteiger charge is 2.27. The van der Waals surface area contributed by atoms with Gasteiger partial charge in [0.1, 0.15) is 11.8 Å². The van der Waals surface area contributed by atoms with E-state index < -0.39 is 16.1 Å². The highest BCUT2D eigenvalue weighted by atomic mass is 35.5. The lowest BCUT2D eigenvalue weighted by atomic mass is 10.2. The van der Waals surface area contributed by atoms with Crippen LogP contribution in [0.3, 0.4) is 0 Å². The summed E-state index contributed by atoms with van der Waals surface area (Å²) in [6.45, 7) is 2.75. The molecule has 0 fully saturated rings. The van der Waals surface area contributed by atoms with E-state index in [1.54, 1.807) is 60.1 Å². The highest BCUT2D eigenvalue weighted by Crippen LogP contribution is 2.17. The van der Waals surface area contributed by atoms with Crippen LogP contribution in [0, 0.1) is 6.92 Å². The fraction of sp³-hybridized carbons (Fsp3) is 0.409. The van der Waals surface area contributed by atoms with Crippen molar-refractivity contribution < 1.29 is 17.9 Å². The van der Waals surface area contributed by atoms with Gasteiger partial charge in [0.15, 0.2) is 0 Å². The lowest BCUT2D eigenvalue weighted by Crippen LogP contribution is -2.48. The van der Waals surface area contributed by atoms with Gasteiger partial charge in [-0.05, 0) is 62.1 Å². The van der Waals surface area contributed by atoms with Crippen LogP contribution in [0.15, 0.2) is 53.4 Å². The molecular weight excluding hydrogens is 456 g/mol. The summed E-state index contributed by atoms with van der Waals surface area (Å²) in [6.07, 6.45) is 2.94. The van der Waals surface area contributed by atoms with Crippen molar-refractivity contribution in [3.8, 4) is 5.75 Å². The van der Waals surface area contributed by atoms with Gasteiger partial charge in [-0.2, -0.15) is 16.5 Å². The Balaban J connectivity index is 1.95. The first-order valence-corrected chi connectivity index (χ1v) is 13.2. The largest absolute Gasteiger partial charge is 0.493 e. The summed E-state index contributed by atoms with van der Waals surface area (Å²) in [4.78, 5) is 14.6. The monoisotopic (exact) mass is 484 g/mol. The number of nitrogens with zero attached hydrogens (tertiary/aromatic N) is 1. The number of amides is 1. The van der Waals surface area contributed by atoms with Crippen LogP contribution in [0.25, 0.3) is 0 Å². The second-order valence-corrected chi connectivity index (χ2v) is 10.3. The van der Waals surface area contributed by atoms with E-state index in [0.29, 0.717) is 42.5 Å². The maximum Gasteiger partial charge on any atom is 0.241 e. The molecule has 0 aliphatic carbocycles. The van der Waals surface area contributed by atoms with E-state index in [4.69, 9.17) is 16.3 Å².